The number of anilines is 2. The number of hydrogen-bond donors (Lipinski definition) is 2. The molecular weight excluding hydrogens is 300 g/mol. The van der Waals surface area contributed by atoms with Crippen molar-refractivity contribution in [3.63, 3.8) is 0 Å². The van der Waals surface area contributed by atoms with Gasteiger partial charge in [-0.1, -0.05) is 12.1 Å². The molecule has 128 valence electrons. The van der Waals surface area contributed by atoms with E-state index in [1.807, 2.05) is 57.2 Å². The third kappa shape index (κ3) is 5.01. The Labute approximate surface area is 144 Å². The lowest BCUT2D eigenvalue weighted by molar-refractivity contribution is -0.116. The molecule has 0 aliphatic carbocycles. The van der Waals surface area contributed by atoms with Crippen LogP contribution in [0.2, 0.25) is 0 Å². The molecule has 4 heteroatoms. The van der Waals surface area contributed by atoms with Crippen molar-refractivity contribution in [2.24, 2.45) is 0 Å². The molecule has 0 saturated carbocycles. The Morgan fingerprint density at radius 1 is 1.12 bits per heavy atom. The first-order valence-corrected chi connectivity index (χ1v) is 8.27. The van der Waals surface area contributed by atoms with Gasteiger partial charge in [-0.15, -0.1) is 0 Å². The second-order valence-corrected chi connectivity index (χ2v) is 6.39. The minimum absolute atomic E-state index is 0.000619. The molecular formula is C20H26N2O2. The Balaban J connectivity index is 1.91. The Hall–Kier alpha value is -2.49. The van der Waals surface area contributed by atoms with Gasteiger partial charge < -0.3 is 15.8 Å². The number of hydrogen-bond acceptors (Lipinski definition) is 3. The molecule has 0 fully saturated rings. The fraction of sp³-hybridized carbons (Fsp3) is 0.350. The van der Waals surface area contributed by atoms with E-state index in [0.29, 0.717) is 24.3 Å². The molecule has 2 rings (SSSR count). The maximum absolute atomic E-state index is 12.1. The number of nitrogens with two attached hydrogens (primary N) is 1. The van der Waals surface area contributed by atoms with Gasteiger partial charge in [0, 0.05) is 12.1 Å². The topological polar surface area (TPSA) is 64.3 Å². The first-order valence-electron chi connectivity index (χ1n) is 8.27. The van der Waals surface area contributed by atoms with Crippen LogP contribution in [0.15, 0.2) is 36.4 Å². The van der Waals surface area contributed by atoms with E-state index in [9.17, 15) is 4.79 Å². The molecule has 0 aromatic heterocycles. The molecule has 0 saturated heterocycles. The van der Waals surface area contributed by atoms with E-state index >= 15 is 0 Å². The van der Waals surface area contributed by atoms with Crippen molar-refractivity contribution >= 4 is 17.3 Å². The highest BCUT2D eigenvalue weighted by Gasteiger charge is 2.07. The van der Waals surface area contributed by atoms with E-state index in [2.05, 4.69) is 12.2 Å². The van der Waals surface area contributed by atoms with Gasteiger partial charge in [0.15, 0.2) is 0 Å². The highest BCUT2D eigenvalue weighted by Crippen LogP contribution is 2.24. The number of amides is 1. The Morgan fingerprint density at radius 3 is 2.50 bits per heavy atom. The largest absolute Gasteiger partial charge is 0.489 e. The third-order valence-electron chi connectivity index (χ3n) is 3.87. The van der Waals surface area contributed by atoms with Gasteiger partial charge in [-0.25, -0.2) is 0 Å². The fourth-order valence-electron chi connectivity index (χ4n) is 2.42. The number of nitrogens with one attached hydrogen (secondary N) is 1. The quantitative estimate of drug-likeness (QED) is 0.780. The molecule has 3 N–H and O–H groups in total. The molecule has 0 bridgehead atoms. The summed E-state index contributed by atoms with van der Waals surface area (Å²) in [7, 11) is 0. The minimum Gasteiger partial charge on any atom is -0.489 e. The average molecular weight is 326 g/mol. The van der Waals surface area contributed by atoms with Gasteiger partial charge in [-0.2, -0.15) is 0 Å². The predicted octanol–water partition coefficient (Wildman–Crippen LogP) is 4.24. The monoisotopic (exact) mass is 326 g/mol. The van der Waals surface area contributed by atoms with Crippen molar-refractivity contribution < 1.29 is 9.53 Å². The zero-order valence-electron chi connectivity index (χ0n) is 14.8. The van der Waals surface area contributed by atoms with E-state index in [1.54, 1.807) is 0 Å². The summed E-state index contributed by atoms with van der Waals surface area (Å²) in [6.45, 7) is 8.02. The van der Waals surface area contributed by atoms with Gasteiger partial charge in [0.1, 0.15) is 5.75 Å². The number of ether oxygens (including phenoxy) is 1. The summed E-state index contributed by atoms with van der Waals surface area (Å²) in [5.74, 6) is 0.688. The molecule has 4 nitrogen and oxygen atoms in total. The Kier molecular flexibility index (Phi) is 5.85. The molecule has 0 aliphatic heterocycles. The van der Waals surface area contributed by atoms with E-state index in [4.69, 9.17) is 10.5 Å². The minimum atomic E-state index is -0.000619. The van der Waals surface area contributed by atoms with Crippen molar-refractivity contribution in [3.05, 3.63) is 53.1 Å². The standard InChI is InChI=1S/C20H26N2O2/c1-13(2)24-19-9-6-16(12-18(19)21)7-10-20(23)22-17-8-5-14(3)15(4)11-17/h5-6,8-9,11-13H,7,10,21H2,1-4H3,(H,22,23). The SMILES string of the molecule is Cc1ccc(NC(=O)CCc2ccc(OC(C)C)c(N)c2)cc1C. The number of rotatable bonds is 6. The normalized spacial score (nSPS) is 10.7. The number of carbonyl (C=O) groups excluding carboxylic acids is 1. The summed E-state index contributed by atoms with van der Waals surface area (Å²) in [5.41, 5.74) is 10.9. The van der Waals surface area contributed by atoms with Crippen molar-refractivity contribution in [3.8, 4) is 5.75 Å². The third-order valence-corrected chi connectivity index (χ3v) is 3.87. The summed E-state index contributed by atoms with van der Waals surface area (Å²) in [6, 6.07) is 11.6. The van der Waals surface area contributed by atoms with Gasteiger partial charge in [0.25, 0.3) is 0 Å². The number of carbonyl (C=O) groups is 1. The van der Waals surface area contributed by atoms with Crippen LogP contribution in [0, 0.1) is 13.8 Å². The molecule has 0 radical (unpaired) electrons. The Bertz CT molecular complexity index is 724. The zero-order valence-corrected chi connectivity index (χ0v) is 14.8. The van der Waals surface area contributed by atoms with Crippen LogP contribution in [0.3, 0.4) is 0 Å². The van der Waals surface area contributed by atoms with Crippen LogP contribution >= 0.6 is 0 Å². The number of aryl methyl sites for hydroxylation is 3. The molecule has 24 heavy (non-hydrogen) atoms. The second-order valence-electron chi connectivity index (χ2n) is 6.39. The van der Waals surface area contributed by atoms with Crippen LogP contribution in [0.25, 0.3) is 0 Å². The maximum Gasteiger partial charge on any atom is 0.224 e. The summed E-state index contributed by atoms with van der Waals surface area (Å²) in [5, 5.41) is 2.94. The highest BCUT2D eigenvalue weighted by atomic mass is 16.5. The van der Waals surface area contributed by atoms with Crippen LogP contribution in [0.5, 0.6) is 5.75 Å². The smallest absolute Gasteiger partial charge is 0.224 e. The van der Waals surface area contributed by atoms with Crippen LogP contribution in [-0.2, 0) is 11.2 Å². The lowest BCUT2D eigenvalue weighted by atomic mass is 10.1. The molecule has 0 aliphatic rings. The summed E-state index contributed by atoms with van der Waals surface area (Å²) >= 11 is 0. The molecule has 0 unspecified atom stereocenters. The van der Waals surface area contributed by atoms with Crippen molar-refractivity contribution in [1.82, 2.24) is 0 Å². The highest BCUT2D eigenvalue weighted by molar-refractivity contribution is 5.91. The van der Waals surface area contributed by atoms with Crippen LogP contribution in [-0.4, -0.2) is 12.0 Å². The van der Waals surface area contributed by atoms with Crippen molar-refractivity contribution in [2.75, 3.05) is 11.1 Å². The van der Waals surface area contributed by atoms with Crippen LogP contribution in [0.4, 0.5) is 11.4 Å². The zero-order chi connectivity index (χ0) is 17.7. The van der Waals surface area contributed by atoms with E-state index in [-0.39, 0.29) is 12.0 Å². The molecule has 2 aromatic rings. The van der Waals surface area contributed by atoms with Gasteiger partial charge >= 0.3 is 0 Å². The van der Waals surface area contributed by atoms with E-state index < -0.39 is 0 Å². The van der Waals surface area contributed by atoms with Crippen LogP contribution < -0.4 is 15.8 Å². The fourth-order valence-corrected chi connectivity index (χ4v) is 2.42. The van der Waals surface area contributed by atoms with Crippen molar-refractivity contribution in [2.45, 2.75) is 46.6 Å². The summed E-state index contributed by atoms with van der Waals surface area (Å²) in [6.07, 6.45) is 1.14. The summed E-state index contributed by atoms with van der Waals surface area (Å²) < 4.78 is 5.62. The lowest BCUT2D eigenvalue weighted by Crippen LogP contribution is -2.12. The van der Waals surface area contributed by atoms with Gasteiger partial charge in [0.2, 0.25) is 5.91 Å². The van der Waals surface area contributed by atoms with Gasteiger partial charge in [0.05, 0.1) is 11.8 Å². The average Bonchev–Trinajstić information content (AvgIpc) is 2.51. The molecule has 1 amide bonds. The molecule has 0 heterocycles. The van der Waals surface area contributed by atoms with E-state index in [1.165, 1.54) is 11.1 Å². The summed E-state index contributed by atoms with van der Waals surface area (Å²) in [4.78, 5) is 12.1. The van der Waals surface area contributed by atoms with Gasteiger partial charge in [-0.05, 0) is 75.1 Å². The second kappa shape index (κ2) is 7.86. The molecule has 2 aromatic carbocycles. The molecule has 0 spiro atoms. The van der Waals surface area contributed by atoms with Crippen LogP contribution in [0.1, 0.15) is 37.0 Å². The maximum atomic E-state index is 12.1. The predicted molar refractivity (Wildman–Crippen MR) is 99.5 cm³/mol. The van der Waals surface area contributed by atoms with Crippen molar-refractivity contribution in [1.29, 1.82) is 0 Å². The van der Waals surface area contributed by atoms with Gasteiger partial charge in [-0.3, -0.25) is 4.79 Å². The molecule has 0 atom stereocenters. The number of nitrogen functional groups attached to an aromatic ring is 1. The van der Waals surface area contributed by atoms with E-state index in [0.717, 1.165) is 11.3 Å². The lowest BCUT2D eigenvalue weighted by Gasteiger charge is -2.13. The first-order chi connectivity index (χ1) is 11.3. The number of benzene rings is 2. The Morgan fingerprint density at radius 2 is 1.88 bits per heavy atom. The first kappa shape index (κ1) is 17.9.